The number of urea groups is 1. The highest BCUT2D eigenvalue weighted by Gasteiger charge is 2.35. The van der Waals surface area contributed by atoms with Crippen LogP contribution in [0.3, 0.4) is 0 Å². The summed E-state index contributed by atoms with van der Waals surface area (Å²) in [7, 11) is -3.31. The smallest absolute Gasteiger partial charge is 0.318 e. The van der Waals surface area contributed by atoms with Gasteiger partial charge in [-0.25, -0.2) is 13.2 Å². The second kappa shape index (κ2) is 6.61. The zero-order valence-corrected chi connectivity index (χ0v) is 12.0. The predicted molar refractivity (Wildman–Crippen MR) is 72.8 cm³/mol. The molecule has 7 nitrogen and oxygen atoms in total. The molecule has 0 aromatic rings. The van der Waals surface area contributed by atoms with Crippen molar-refractivity contribution in [3.63, 3.8) is 0 Å². The van der Waals surface area contributed by atoms with Gasteiger partial charge in [-0.15, -0.1) is 6.42 Å². The van der Waals surface area contributed by atoms with Crippen LogP contribution in [-0.2, 0) is 14.6 Å². The molecule has 0 saturated carbocycles. The Bertz CT molecular complexity index is 522. The Hall–Kier alpha value is -1.75. The number of nitrogens with zero attached hydrogens (tertiary/aromatic N) is 1. The minimum atomic E-state index is -3.31. The molecule has 1 heterocycles. The third kappa shape index (κ3) is 4.42. The summed E-state index contributed by atoms with van der Waals surface area (Å²) in [5.74, 6) is 0.759. The summed E-state index contributed by atoms with van der Waals surface area (Å²) in [6.07, 6.45) is 5.38. The fourth-order valence-electron chi connectivity index (χ4n) is 2.02. The molecule has 2 N–H and O–H groups in total. The lowest BCUT2D eigenvalue weighted by Crippen LogP contribution is -2.56. The number of amides is 2. The fraction of sp³-hybridized carbons (Fsp3) is 0.667. The number of hydrogen-bond donors (Lipinski definition) is 2. The lowest BCUT2D eigenvalue weighted by atomic mass is 10.2. The van der Waals surface area contributed by atoms with Crippen LogP contribution >= 0.6 is 0 Å². The van der Waals surface area contributed by atoms with Crippen molar-refractivity contribution in [2.45, 2.75) is 31.8 Å². The van der Waals surface area contributed by atoms with E-state index in [0.29, 0.717) is 6.42 Å². The molecular formula is C12H18N2O5S. The highest BCUT2D eigenvalue weighted by molar-refractivity contribution is 7.91. The van der Waals surface area contributed by atoms with Crippen LogP contribution in [0.2, 0.25) is 0 Å². The first-order chi connectivity index (χ1) is 9.29. The molecule has 0 radical (unpaired) electrons. The molecule has 2 atom stereocenters. The highest BCUT2D eigenvalue weighted by Crippen LogP contribution is 2.15. The number of terminal acetylenes is 1. The standard InChI is InChI=1S/C12H18N2O5S/c1-3-9(4-2)13-12(17)14-5-6-20(18,19)8-10(14)7-11(15)16/h1,9-10H,4-8H2,2H3,(H,13,17)(H,15,16). The van der Waals surface area contributed by atoms with Crippen molar-refractivity contribution in [1.82, 2.24) is 10.2 Å². The van der Waals surface area contributed by atoms with E-state index in [1.807, 2.05) is 0 Å². The van der Waals surface area contributed by atoms with Gasteiger partial charge in [0.25, 0.3) is 0 Å². The predicted octanol–water partition coefficient (Wildman–Crippen LogP) is -0.318. The van der Waals surface area contributed by atoms with Gasteiger partial charge in [0, 0.05) is 6.54 Å². The van der Waals surface area contributed by atoms with Gasteiger partial charge in [-0.1, -0.05) is 12.8 Å². The van der Waals surface area contributed by atoms with E-state index in [-0.39, 0.29) is 18.1 Å². The Kier molecular flexibility index (Phi) is 5.39. The Morgan fingerprint density at radius 2 is 2.20 bits per heavy atom. The number of carboxylic acid groups (broad SMARTS) is 1. The van der Waals surface area contributed by atoms with Crippen LogP contribution < -0.4 is 5.32 Å². The Labute approximate surface area is 118 Å². The molecule has 0 bridgehead atoms. The lowest BCUT2D eigenvalue weighted by molar-refractivity contribution is -0.138. The van der Waals surface area contributed by atoms with Crippen molar-refractivity contribution < 1.29 is 23.1 Å². The van der Waals surface area contributed by atoms with Crippen molar-refractivity contribution in [3.05, 3.63) is 0 Å². The average Bonchev–Trinajstić information content (AvgIpc) is 2.34. The molecule has 0 aliphatic carbocycles. The SMILES string of the molecule is C#CC(CC)NC(=O)N1CCS(=O)(=O)CC1CC(=O)O. The van der Waals surface area contributed by atoms with Gasteiger partial charge in [0.05, 0.1) is 30.0 Å². The first-order valence-corrected chi connectivity index (χ1v) is 8.06. The molecule has 2 unspecified atom stereocenters. The summed E-state index contributed by atoms with van der Waals surface area (Å²) in [5, 5.41) is 11.4. The molecule has 0 aromatic heterocycles. The average molecular weight is 302 g/mol. The summed E-state index contributed by atoms with van der Waals surface area (Å²) in [5.41, 5.74) is 0. The monoisotopic (exact) mass is 302 g/mol. The van der Waals surface area contributed by atoms with Crippen molar-refractivity contribution in [3.8, 4) is 12.3 Å². The molecule has 0 aromatic carbocycles. The van der Waals surface area contributed by atoms with E-state index in [1.54, 1.807) is 6.92 Å². The van der Waals surface area contributed by atoms with Gasteiger partial charge in [-0.2, -0.15) is 0 Å². The van der Waals surface area contributed by atoms with E-state index >= 15 is 0 Å². The molecule has 2 amide bonds. The largest absolute Gasteiger partial charge is 0.481 e. The van der Waals surface area contributed by atoms with Gasteiger partial charge in [-0.05, 0) is 6.42 Å². The Balaban J connectivity index is 2.82. The van der Waals surface area contributed by atoms with E-state index in [9.17, 15) is 18.0 Å². The molecule has 1 fully saturated rings. The quantitative estimate of drug-likeness (QED) is 0.693. The minimum Gasteiger partial charge on any atom is -0.481 e. The number of sulfone groups is 1. The fourth-order valence-corrected chi connectivity index (χ4v) is 3.54. The molecule has 8 heteroatoms. The Morgan fingerprint density at radius 3 is 2.70 bits per heavy atom. The van der Waals surface area contributed by atoms with E-state index < -0.39 is 40.3 Å². The van der Waals surface area contributed by atoms with E-state index in [2.05, 4.69) is 11.2 Å². The van der Waals surface area contributed by atoms with Crippen molar-refractivity contribution >= 4 is 21.8 Å². The number of carbonyl (C=O) groups excluding carboxylic acids is 1. The number of aliphatic carboxylic acids is 1. The molecule has 1 saturated heterocycles. The molecule has 1 rings (SSSR count). The van der Waals surface area contributed by atoms with Gasteiger partial charge in [0.2, 0.25) is 0 Å². The summed E-state index contributed by atoms with van der Waals surface area (Å²) >= 11 is 0. The second-order valence-corrected chi connectivity index (χ2v) is 6.87. The van der Waals surface area contributed by atoms with Gasteiger partial charge in [-0.3, -0.25) is 4.79 Å². The number of carbonyl (C=O) groups is 2. The van der Waals surface area contributed by atoms with Crippen LogP contribution in [0.5, 0.6) is 0 Å². The Morgan fingerprint density at radius 1 is 1.55 bits per heavy atom. The molecule has 1 aliphatic rings. The van der Waals surface area contributed by atoms with Gasteiger partial charge in [0.15, 0.2) is 9.84 Å². The van der Waals surface area contributed by atoms with E-state index in [0.717, 1.165) is 0 Å². The van der Waals surface area contributed by atoms with Crippen molar-refractivity contribution in [2.24, 2.45) is 0 Å². The summed E-state index contributed by atoms with van der Waals surface area (Å²) < 4.78 is 23.1. The summed E-state index contributed by atoms with van der Waals surface area (Å²) in [6, 6.07) is -1.83. The normalized spacial score (nSPS) is 22.6. The molecule has 20 heavy (non-hydrogen) atoms. The maximum atomic E-state index is 12.1. The lowest BCUT2D eigenvalue weighted by Gasteiger charge is -2.35. The van der Waals surface area contributed by atoms with Crippen LogP contribution in [0.25, 0.3) is 0 Å². The van der Waals surface area contributed by atoms with Crippen LogP contribution in [0.15, 0.2) is 0 Å². The topological polar surface area (TPSA) is 104 Å². The van der Waals surface area contributed by atoms with Crippen LogP contribution in [0.4, 0.5) is 4.79 Å². The van der Waals surface area contributed by atoms with Crippen LogP contribution in [0, 0.1) is 12.3 Å². The van der Waals surface area contributed by atoms with Gasteiger partial charge < -0.3 is 15.3 Å². The number of nitrogens with one attached hydrogen (secondary N) is 1. The maximum Gasteiger partial charge on any atom is 0.318 e. The van der Waals surface area contributed by atoms with Crippen LogP contribution in [0.1, 0.15) is 19.8 Å². The molecule has 112 valence electrons. The summed E-state index contributed by atoms with van der Waals surface area (Å²) in [4.78, 5) is 24.1. The molecule has 0 spiro atoms. The van der Waals surface area contributed by atoms with Crippen LogP contribution in [-0.4, -0.2) is 60.6 Å². The van der Waals surface area contributed by atoms with E-state index in [1.165, 1.54) is 4.90 Å². The van der Waals surface area contributed by atoms with Gasteiger partial charge in [0.1, 0.15) is 0 Å². The second-order valence-electron chi connectivity index (χ2n) is 4.64. The number of rotatable bonds is 4. The molecule has 1 aliphatic heterocycles. The zero-order chi connectivity index (χ0) is 15.3. The zero-order valence-electron chi connectivity index (χ0n) is 11.2. The summed E-state index contributed by atoms with van der Waals surface area (Å²) in [6.45, 7) is 1.79. The highest BCUT2D eigenvalue weighted by atomic mass is 32.2. The third-order valence-electron chi connectivity index (χ3n) is 3.11. The van der Waals surface area contributed by atoms with Gasteiger partial charge >= 0.3 is 12.0 Å². The first kappa shape index (κ1) is 16.3. The number of hydrogen-bond acceptors (Lipinski definition) is 4. The van der Waals surface area contributed by atoms with Crippen molar-refractivity contribution in [1.29, 1.82) is 0 Å². The minimum absolute atomic E-state index is 0.0207. The molecular weight excluding hydrogens is 284 g/mol. The van der Waals surface area contributed by atoms with E-state index in [4.69, 9.17) is 11.5 Å². The number of carboxylic acids is 1. The van der Waals surface area contributed by atoms with Crippen molar-refractivity contribution in [2.75, 3.05) is 18.1 Å². The maximum absolute atomic E-state index is 12.1. The third-order valence-corrected chi connectivity index (χ3v) is 4.81. The first-order valence-electron chi connectivity index (χ1n) is 6.24.